The number of aliphatic carboxylic acids is 1. The number of hydrogen-bond acceptors (Lipinski definition) is 3. The van der Waals surface area contributed by atoms with Crippen LogP contribution >= 0.6 is 0 Å². The molecule has 5 heteroatoms. The summed E-state index contributed by atoms with van der Waals surface area (Å²) in [5.41, 5.74) is 1.62. The van der Waals surface area contributed by atoms with Gasteiger partial charge in [0, 0.05) is 13.1 Å². The van der Waals surface area contributed by atoms with E-state index in [4.69, 9.17) is 0 Å². The number of carboxylic acids is 1. The molecule has 0 atom stereocenters. The van der Waals surface area contributed by atoms with Crippen LogP contribution in [0.1, 0.15) is 30.4 Å². The van der Waals surface area contributed by atoms with Gasteiger partial charge in [-0.15, -0.1) is 0 Å². The van der Waals surface area contributed by atoms with Crippen LogP contribution in [0.15, 0.2) is 24.3 Å². The van der Waals surface area contributed by atoms with E-state index in [1.807, 2.05) is 23.1 Å². The van der Waals surface area contributed by atoms with Crippen molar-refractivity contribution in [3.8, 4) is 0 Å². The minimum absolute atomic E-state index is 0.0166. The van der Waals surface area contributed by atoms with E-state index in [0.717, 1.165) is 12.8 Å². The number of hydrogen-bond donors (Lipinski definition) is 2. The van der Waals surface area contributed by atoms with Crippen molar-refractivity contribution in [3.05, 3.63) is 35.4 Å². The molecule has 1 amide bonds. The molecule has 1 aliphatic carbocycles. The Labute approximate surface area is 123 Å². The predicted octanol–water partition coefficient (Wildman–Crippen LogP) is 1.17. The Kier molecular flexibility index (Phi) is 3.68. The van der Waals surface area contributed by atoms with Crippen LogP contribution in [0.2, 0.25) is 0 Å². The lowest BCUT2D eigenvalue weighted by atomic mass is 9.77. The number of amides is 1. The van der Waals surface area contributed by atoms with Gasteiger partial charge in [0.2, 0.25) is 5.91 Å². The summed E-state index contributed by atoms with van der Waals surface area (Å²) >= 11 is 0. The Bertz CT molecular complexity index is 566. The number of rotatable bonds is 4. The van der Waals surface area contributed by atoms with E-state index >= 15 is 0 Å². The van der Waals surface area contributed by atoms with Crippen LogP contribution in [-0.4, -0.2) is 40.5 Å². The highest BCUT2D eigenvalue weighted by molar-refractivity contribution is 5.83. The quantitative estimate of drug-likeness (QED) is 0.872. The molecule has 2 aliphatic rings. The molecule has 0 aromatic heterocycles. The van der Waals surface area contributed by atoms with Crippen molar-refractivity contribution in [1.29, 1.82) is 0 Å². The summed E-state index contributed by atoms with van der Waals surface area (Å²) in [6.45, 7) is 1.43. The number of nitrogens with zero attached hydrogens (tertiary/aromatic N) is 1. The molecule has 0 radical (unpaired) electrons. The lowest BCUT2D eigenvalue weighted by molar-refractivity contribution is -0.149. The predicted molar refractivity (Wildman–Crippen MR) is 77.8 cm³/mol. The largest absolute Gasteiger partial charge is 0.480 e. The van der Waals surface area contributed by atoms with Gasteiger partial charge in [-0.1, -0.05) is 24.3 Å². The Morgan fingerprint density at radius 3 is 2.57 bits per heavy atom. The first-order valence-corrected chi connectivity index (χ1v) is 7.44. The second-order valence-corrected chi connectivity index (χ2v) is 5.93. The minimum Gasteiger partial charge on any atom is -0.480 e. The van der Waals surface area contributed by atoms with Gasteiger partial charge in [-0.3, -0.25) is 14.9 Å². The van der Waals surface area contributed by atoms with Crippen molar-refractivity contribution in [3.63, 3.8) is 0 Å². The van der Waals surface area contributed by atoms with Gasteiger partial charge in [0.1, 0.15) is 5.54 Å². The van der Waals surface area contributed by atoms with Crippen LogP contribution in [0.5, 0.6) is 0 Å². The number of carboxylic acid groups (broad SMARTS) is 1. The fraction of sp³-hybridized carbons (Fsp3) is 0.500. The molecule has 5 nitrogen and oxygen atoms in total. The number of carbonyl (C=O) groups excluding carboxylic acids is 1. The van der Waals surface area contributed by atoms with Crippen molar-refractivity contribution in [2.24, 2.45) is 0 Å². The van der Waals surface area contributed by atoms with E-state index in [2.05, 4.69) is 11.4 Å². The zero-order valence-electron chi connectivity index (χ0n) is 12.0. The second-order valence-electron chi connectivity index (χ2n) is 5.93. The summed E-state index contributed by atoms with van der Waals surface area (Å²) in [6.07, 6.45) is 2.99. The lowest BCUT2D eigenvalue weighted by Crippen LogP contribution is -2.59. The van der Waals surface area contributed by atoms with Crippen LogP contribution in [0, 0.1) is 0 Å². The topological polar surface area (TPSA) is 69.6 Å². The molecule has 0 unspecified atom stereocenters. The second kappa shape index (κ2) is 5.48. The zero-order valence-corrected chi connectivity index (χ0v) is 12.0. The van der Waals surface area contributed by atoms with Crippen molar-refractivity contribution in [1.82, 2.24) is 10.2 Å². The Morgan fingerprint density at radius 2 is 1.95 bits per heavy atom. The maximum absolute atomic E-state index is 12.3. The minimum atomic E-state index is -0.872. The Balaban J connectivity index is 1.59. The molecule has 0 bridgehead atoms. The average molecular weight is 288 g/mol. The number of carbonyl (C=O) groups is 2. The fourth-order valence-corrected chi connectivity index (χ4v) is 3.06. The van der Waals surface area contributed by atoms with Crippen LogP contribution < -0.4 is 5.32 Å². The van der Waals surface area contributed by atoms with Crippen molar-refractivity contribution in [2.75, 3.05) is 13.1 Å². The van der Waals surface area contributed by atoms with Gasteiger partial charge in [0.15, 0.2) is 0 Å². The first-order chi connectivity index (χ1) is 10.1. The first-order valence-electron chi connectivity index (χ1n) is 7.44. The van der Waals surface area contributed by atoms with Crippen molar-refractivity contribution >= 4 is 11.9 Å². The molecular weight excluding hydrogens is 268 g/mol. The van der Waals surface area contributed by atoms with Gasteiger partial charge in [-0.2, -0.15) is 0 Å². The third kappa shape index (κ3) is 2.65. The summed E-state index contributed by atoms with van der Waals surface area (Å²) in [7, 11) is 0. The van der Waals surface area contributed by atoms with Crippen LogP contribution in [-0.2, 0) is 22.6 Å². The van der Waals surface area contributed by atoms with Crippen LogP contribution in [0.4, 0.5) is 0 Å². The summed E-state index contributed by atoms with van der Waals surface area (Å²) in [4.78, 5) is 25.4. The molecule has 1 aliphatic heterocycles. The molecule has 3 rings (SSSR count). The van der Waals surface area contributed by atoms with Gasteiger partial charge in [0.05, 0.1) is 6.54 Å². The van der Waals surface area contributed by atoms with Gasteiger partial charge < -0.3 is 10.0 Å². The van der Waals surface area contributed by atoms with Crippen LogP contribution in [0.3, 0.4) is 0 Å². The van der Waals surface area contributed by atoms with Gasteiger partial charge in [0.25, 0.3) is 0 Å². The Morgan fingerprint density at radius 1 is 1.24 bits per heavy atom. The van der Waals surface area contributed by atoms with E-state index in [-0.39, 0.29) is 12.5 Å². The molecule has 112 valence electrons. The Hall–Kier alpha value is -1.88. The van der Waals surface area contributed by atoms with E-state index in [1.54, 1.807) is 0 Å². The van der Waals surface area contributed by atoms with Crippen LogP contribution in [0.25, 0.3) is 0 Å². The van der Waals surface area contributed by atoms with E-state index in [0.29, 0.717) is 25.9 Å². The summed E-state index contributed by atoms with van der Waals surface area (Å²) in [5.74, 6) is -0.859. The van der Waals surface area contributed by atoms with E-state index in [9.17, 15) is 14.7 Å². The highest BCUT2D eigenvalue weighted by Crippen LogP contribution is 2.31. The van der Waals surface area contributed by atoms with E-state index < -0.39 is 11.5 Å². The molecule has 1 saturated carbocycles. The number of benzene rings is 1. The molecule has 1 heterocycles. The molecule has 2 N–H and O–H groups in total. The summed E-state index contributed by atoms with van der Waals surface area (Å²) in [5, 5.41) is 12.2. The fourth-order valence-electron chi connectivity index (χ4n) is 3.06. The average Bonchev–Trinajstić information content (AvgIpc) is 2.45. The monoisotopic (exact) mass is 288 g/mol. The first kappa shape index (κ1) is 14.1. The molecule has 1 aromatic carbocycles. The summed E-state index contributed by atoms with van der Waals surface area (Å²) in [6, 6.07) is 8.15. The van der Waals surface area contributed by atoms with Gasteiger partial charge in [-0.25, -0.2) is 0 Å². The third-order valence-electron chi connectivity index (χ3n) is 4.68. The molecule has 1 aromatic rings. The molecule has 1 fully saturated rings. The maximum atomic E-state index is 12.3. The highest BCUT2D eigenvalue weighted by Gasteiger charge is 2.44. The smallest absolute Gasteiger partial charge is 0.323 e. The van der Waals surface area contributed by atoms with Crippen molar-refractivity contribution < 1.29 is 14.7 Å². The SMILES string of the molecule is O=C(CNC1(C(=O)O)CCC1)N1CCc2ccccc2C1. The molecule has 0 saturated heterocycles. The lowest BCUT2D eigenvalue weighted by Gasteiger charge is -2.39. The molecule has 21 heavy (non-hydrogen) atoms. The van der Waals surface area contributed by atoms with Gasteiger partial charge >= 0.3 is 5.97 Å². The van der Waals surface area contributed by atoms with Crippen molar-refractivity contribution in [2.45, 2.75) is 37.8 Å². The highest BCUT2D eigenvalue weighted by atomic mass is 16.4. The molecular formula is C16H20N2O3. The number of nitrogens with one attached hydrogen (secondary N) is 1. The number of fused-ring (bicyclic) bond motifs is 1. The third-order valence-corrected chi connectivity index (χ3v) is 4.68. The summed E-state index contributed by atoms with van der Waals surface area (Å²) < 4.78 is 0. The maximum Gasteiger partial charge on any atom is 0.323 e. The normalized spacial score (nSPS) is 19.5. The standard InChI is InChI=1S/C16H20N2O3/c19-14(10-17-16(15(20)21)7-3-8-16)18-9-6-12-4-1-2-5-13(12)11-18/h1-2,4-5,17H,3,6-11H2,(H,20,21). The van der Waals surface area contributed by atoms with Gasteiger partial charge in [-0.05, 0) is 36.8 Å². The zero-order chi connectivity index (χ0) is 14.9. The van der Waals surface area contributed by atoms with E-state index in [1.165, 1.54) is 11.1 Å². The molecule has 0 spiro atoms.